The highest BCUT2D eigenvalue weighted by molar-refractivity contribution is 5.87. The quantitative estimate of drug-likeness (QED) is 0.744. The van der Waals surface area contributed by atoms with Crippen molar-refractivity contribution in [1.29, 1.82) is 0 Å². The van der Waals surface area contributed by atoms with Gasteiger partial charge in [-0.05, 0) is 52.9 Å². The van der Waals surface area contributed by atoms with E-state index in [2.05, 4.69) is 12.7 Å². The molecular formula is C19H30N2O3. The molecule has 0 bridgehead atoms. The summed E-state index contributed by atoms with van der Waals surface area (Å²) in [5.74, 6) is 0.219. The molecule has 0 aromatic carbocycles. The molecule has 3 atom stereocenters. The highest BCUT2D eigenvalue weighted by atomic mass is 16.6. The third-order valence-corrected chi connectivity index (χ3v) is 4.57. The molecule has 2 aliphatic rings. The van der Waals surface area contributed by atoms with E-state index in [9.17, 15) is 9.59 Å². The summed E-state index contributed by atoms with van der Waals surface area (Å²) in [7, 11) is 0. The average Bonchev–Trinajstić information content (AvgIpc) is 3.11. The largest absolute Gasteiger partial charge is 0.444 e. The highest BCUT2D eigenvalue weighted by Crippen LogP contribution is 2.30. The van der Waals surface area contributed by atoms with Gasteiger partial charge in [0.15, 0.2) is 0 Å². The number of ether oxygens (including phenoxy) is 1. The second kappa shape index (κ2) is 7.41. The van der Waals surface area contributed by atoms with Gasteiger partial charge >= 0.3 is 6.09 Å². The number of amides is 2. The normalized spacial score (nSPS) is 27.8. The minimum Gasteiger partial charge on any atom is -0.444 e. The van der Waals surface area contributed by atoms with Crippen LogP contribution in [-0.4, -0.2) is 52.6 Å². The predicted octanol–water partition coefficient (Wildman–Crippen LogP) is 3.37. The fraction of sp³-hybridized carbons (Fsp3) is 0.684. The average molecular weight is 334 g/mol. The van der Waals surface area contributed by atoms with Crippen LogP contribution < -0.4 is 0 Å². The van der Waals surface area contributed by atoms with Crippen molar-refractivity contribution in [1.82, 2.24) is 9.80 Å². The molecule has 0 aromatic heterocycles. The van der Waals surface area contributed by atoms with Crippen LogP contribution >= 0.6 is 0 Å². The summed E-state index contributed by atoms with van der Waals surface area (Å²) in [6.07, 6.45) is 8.07. The molecule has 0 aromatic rings. The zero-order valence-corrected chi connectivity index (χ0v) is 15.3. The first-order chi connectivity index (χ1) is 11.3. The van der Waals surface area contributed by atoms with Gasteiger partial charge in [-0.3, -0.25) is 9.69 Å². The molecule has 2 amide bonds. The fourth-order valence-electron chi connectivity index (χ4n) is 3.54. The first kappa shape index (κ1) is 18.6. The van der Waals surface area contributed by atoms with Gasteiger partial charge in [0, 0.05) is 19.1 Å². The highest BCUT2D eigenvalue weighted by Gasteiger charge is 2.43. The zero-order valence-electron chi connectivity index (χ0n) is 15.3. The molecule has 134 valence electrons. The Bertz CT molecular complexity index is 521. The molecule has 5 heteroatoms. The summed E-state index contributed by atoms with van der Waals surface area (Å²) < 4.78 is 5.52. The van der Waals surface area contributed by atoms with Gasteiger partial charge in [-0.15, -0.1) is 6.58 Å². The lowest BCUT2D eigenvalue weighted by molar-refractivity contribution is -0.136. The van der Waals surface area contributed by atoms with Crippen LogP contribution in [0.5, 0.6) is 0 Å². The molecule has 2 saturated heterocycles. The minimum atomic E-state index is -0.569. The first-order valence-electron chi connectivity index (χ1n) is 8.82. The van der Waals surface area contributed by atoms with Gasteiger partial charge in [-0.1, -0.05) is 18.2 Å². The van der Waals surface area contributed by atoms with E-state index in [1.807, 2.05) is 44.7 Å². The maximum absolute atomic E-state index is 13.1. The Morgan fingerprint density at radius 2 is 1.96 bits per heavy atom. The molecule has 2 heterocycles. The van der Waals surface area contributed by atoms with E-state index in [1.54, 1.807) is 4.90 Å². The van der Waals surface area contributed by atoms with Gasteiger partial charge < -0.3 is 9.64 Å². The van der Waals surface area contributed by atoms with Crippen molar-refractivity contribution in [3.63, 3.8) is 0 Å². The van der Waals surface area contributed by atoms with Crippen molar-refractivity contribution in [2.75, 3.05) is 13.1 Å². The van der Waals surface area contributed by atoms with Crippen molar-refractivity contribution in [3.8, 4) is 0 Å². The molecule has 2 fully saturated rings. The van der Waals surface area contributed by atoms with E-state index in [0.29, 0.717) is 13.0 Å². The fourth-order valence-corrected chi connectivity index (χ4v) is 3.54. The minimum absolute atomic E-state index is 0.0234. The Balaban J connectivity index is 2.18. The van der Waals surface area contributed by atoms with Crippen LogP contribution in [0.25, 0.3) is 0 Å². The molecule has 0 N–H and O–H groups in total. The van der Waals surface area contributed by atoms with Crippen LogP contribution in [0.3, 0.4) is 0 Å². The maximum atomic E-state index is 13.1. The van der Waals surface area contributed by atoms with Crippen molar-refractivity contribution >= 4 is 12.0 Å². The van der Waals surface area contributed by atoms with Crippen LogP contribution in [0, 0.1) is 5.92 Å². The third-order valence-electron chi connectivity index (χ3n) is 4.57. The second-order valence-electron chi connectivity index (χ2n) is 7.65. The summed E-state index contributed by atoms with van der Waals surface area (Å²) in [5.41, 5.74) is -0.569. The molecule has 0 radical (unpaired) electrons. The molecule has 0 spiro atoms. The van der Waals surface area contributed by atoms with E-state index in [4.69, 9.17) is 4.74 Å². The zero-order chi connectivity index (χ0) is 17.9. The maximum Gasteiger partial charge on any atom is 0.410 e. The number of rotatable bonds is 3. The SMILES string of the molecule is C=CC1CCCN1C(=O)[C@@H]1C[C@H](/C=C/C)CN1C(=O)OC(C)(C)C. The van der Waals surface area contributed by atoms with E-state index >= 15 is 0 Å². The molecular weight excluding hydrogens is 304 g/mol. The monoisotopic (exact) mass is 334 g/mol. The summed E-state index contributed by atoms with van der Waals surface area (Å²) in [6.45, 7) is 12.6. The van der Waals surface area contributed by atoms with Crippen LogP contribution in [0.1, 0.15) is 47.0 Å². The van der Waals surface area contributed by atoms with Crippen molar-refractivity contribution in [3.05, 3.63) is 24.8 Å². The number of carbonyl (C=O) groups is 2. The van der Waals surface area contributed by atoms with E-state index in [0.717, 1.165) is 19.4 Å². The summed E-state index contributed by atoms with van der Waals surface area (Å²) in [6, 6.07) is -0.361. The smallest absolute Gasteiger partial charge is 0.410 e. The molecule has 24 heavy (non-hydrogen) atoms. The van der Waals surface area contributed by atoms with Gasteiger partial charge in [-0.25, -0.2) is 4.79 Å². The third kappa shape index (κ3) is 4.19. The van der Waals surface area contributed by atoms with E-state index in [1.165, 1.54) is 0 Å². The lowest BCUT2D eigenvalue weighted by atomic mass is 10.0. The topological polar surface area (TPSA) is 49.9 Å². The van der Waals surface area contributed by atoms with Gasteiger partial charge in [0.05, 0.1) is 0 Å². The standard InChI is InChI=1S/C19H30N2O3/c1-6-9-14-12-16(17(22)20-11-8-10-15(20)7-2)21(13-14)18(23)24-19(3,4)5/h6-7,9,14-16H,2,8,10-13H2,1,3-5H3/b9-6+/t14-,15?,16-/m0/s1. The summed E-state index contributed by atoms with van der Waals surface area (Å²) in [5, 5.41) is 0. The number of likely N-dealkylation sites (tertiary alicyclic amines) is 2. The predicted molar refractivity (Wildman–Crippen MR) is 94.6 cm³/mol. The molecule has 1 unspecified atom stereocenters. The van der Waals surface area contributed by atoms with E-state index in [-0.39, 0.29) is 17.9 Å². The molecule has 5 nitrogen and oxygen atoms in total. The number of hydrogen-bond acceptors (Lipinski definition) is 3. The van der Waals surface area contributed by atoms with Gasteiger partial charge in [0.2, 0.25) is 5.91 Å². The molecule has 2 aliphatic heterocycles. The Kier molecular flexibility index (Phi) is 5.73. The van der Waals surface area contributed by atoms with Crippen LogP contribution in [0.4, 0.5) is 4.79 Å². The Hall–Kier alpha value is -1.78. The number of carbonyl (C=O) groups excluding carboxylic acids is 2. The molecule has 0 saturated carbocycles. The number of allylic oxidation sites excluding steroid dienone is 1. The number of hydrogen-bond donors (Lipinski definition) is 0. The molecule has 2 rings (SSSR count). The van der Waals surface area contributed by atoms with Crippen LogP contribution in [-0.2, 0) is 9.53 Å². The molecule has 0 aliphatic carbocycles. The summed E-state index contributed by atoms with van der Waals surface area (Å²) in [4.78, 5) is 29.1. The Morgan fingerprint density at radius 3 is 2.54 bits per heavy atom. The van der Waals surface area contributed by atoms with Crippen LogP contribution in [0.2, 0.25) is 0 Å². The lowest BCUT2D eigenvalue weighted by Gasteiger charge is -2.31. The van der Waals surface area contributed by atoms with Crippen LogP contribution in [0.15, 0.2) is 24.8 Å². The van der Waals surface area contributed by atoms with E-state index < -0.39 is 17.7 Å². The second-order valence-corrected chi connectivity index (χ2v) is 7.65. The summed E-state index contributed by atoms with van der Waals surface area (Å²) >= 11 is 0. The van der Waals surface area contributed by atoms with Crippen molar-refractivity contribution in [2.24, 2.45) is 5.92 Å². The van der Waals surface area contributed by atoms with Crippen molar-refractivity contribution < 1.29 is 14.3 Å². The number of nitrogens with zero attached hydrogens (tertiary/aromatic N) is 2. The van der Waals surface area contributed by atoms with Crippen molar-refractivity contribution in [2.45, 2.75) is 64.6 Å². The lowest BCUT2D eigenvalue weighted by Crippen LogP contribution is -2.50. The Morgan fingerprint density at radius 1 is 1.25 bits per heavy atom. The van der Waals surface area contributed by atoms with Gasteiger partial charge in [-0.2, -0.15) is 0 Å². The Labute approximate surface area is 145 Å². The van der Waals surface area contributed by atoms with Gasteiger partial charge in [0.1, 0.15) is 11.6 Å². The first-order valence-corrected chi connectivity index (χ1v) is 8.82. The van der Waals surface area contributed by atoms with Gasteiger partial charge in [0.25, 0.3) is 0 Å².